The molecule has 0 saturated carbocycles. The van der Waals surface area contributed by atoms with E-state index in [9.17, 15) is 0 Å². The van der Waals surface area contributed by atoms with Gasteiger partial charge in [0.15, 0.2) is 0 Å². The van der Waals surface area contributed by atoms with Crippen molar-refractivity contribution in [2.24, 2.45) is 5.92 Å². The molecule has 3 rings (SSSR count). The smallest absolute Gasteiger partial charge is 0.0926 e. The third-order valence-electron chi connectivity index (χ3n) is 4.95. The van der Waals surface area contributed by atoms with E-state index in [1.807, 2.05) is 0 Å². The molecule has 0 N–H and O–H groups in total. The molecule has 0 atom stereocenters. The average Bonchev–Trinajstić information content (AvgIpc) is 2.86. The highest BCUT2D eigenvalue weighted by atomic mass is 79.9. The molecule has 2 aromatic rings. The maximum atomic E-state index is 4.76. The predicted octanol–water partition coefficient (Wildman–Crippen LogP) is 4.62. The minimum Gasteiger partial charge on any atom is -0.298 e. The molecule has 0 unspecified atom stereocenters. The number of benzene rings is 1. The van der Waals surface area contributed by atoms with Crippen molar-refractivity contribution in [3.8, 4) is 0 Å². The van der Waals surface area contributed by atoms with Crippen molar-refractivity contribution in [2.75, 3.05) is 13.1 Å². The summed E-state index contributed by atoms with van der Waals surface area (Å²) in [6.07, 6.45) is 4.76. The van der Waals surface area contributed by atoms with Gasteiger partial charge in [0, 0.05) is 28.1 Å². The zero-order valence-corrected chi connectivity index (χ0v) is 15.7. The van der Waals surface area contributed by atoms with Crippen LogP contribution in [0.4, 0.5) is 0 Å². The molecular weight excluding hydrogens is 338 g/mol. The quantitative estimate of drug-likeness (QED) is 0.776. The lowest BCUT2D eigenvalue weighted by atomic mass is 9.93. The molecule has 3 nitrogen and oxygen atoms in total. The molecule has 1 saturated heterocycles. The van der Waals surface area contributed by atoms with E-state index >= 15 is 0 Å². The highest BCUT2D eigenvalue weighted by Gasteiger charge is 2.27. The van der Waals surface area contributed by atoms with Gasteiger partial charge in [-0.15, -0.1) is 0 Å². The topological polar surface area (TPSA) is 21.1 Å². The number of aromatic nitrogens is 2. The Morgan fingerprint density at radius 2 is 1.91 bits per heavy atom. The summed E-state index contributed by atoms with van der Waals surface area (Å²) >= 11 is 3.61. The van der Waals surface area contributed by atoms with Crippen molar-refractivity contribution in [2.45, 2.75) is 52.6 Å². The highest BCUT2D eigenvalue weighted by Crippen LogP contribution is 2.27. The van der Waals surface area contributed by atoms with E-state index in [2.05, 4.69) is 71.5 Å². The molecule has 1 aromatic carbocycles. The lowest BCUT2D eigenvalue weighted by molar-refractivity contribution is 0.0822. The lowest BCUT2D eigenvalue weighted by Crippen LogP contribution is -2.46. The standard InChI is InChI=1S/C18H26BrN3/c1-13-15-12-22(20-17(15)6-5-16(13)19)11-14-7-9-21(10-8-14)18(2,3)4/h5-6,12,14H,7-11H2,1-4H3. The molecule has 22 heavy (non-hydrogen) atoms. The van der Waals surface area contributed by atoms with Crippen LogP contribution in [0.2, 0.25) is 0 Å². The Morgan fingerprint density at radius 3 is 2.55 bits per heavy atom. The molecule has 0 amide bonds. The van der Waals surface area contributed by atoms with E-state index in [-0.39, 0.29) is 0 Å². The zero-order valence-electron chi connectivity index (χ0n) is 14.1. The summed E-state index contributed by atoms with van der Waals surface area (Å²) < 4.78 is 3.32. The van der Waals surface area contributed by atoms with Crippen molar-refractivity contribution in [1.82, 2.24) is 14.7 Å². The first-order valence-electron chi connectivity index (χ1n) is 8.22. The van der Waals surface area contributed by atoms with Crippen molar-refractivity contribution in [3.63, 3.8) is 0 Å². The fraction of sp³-hybridized carbons (Fsp3) is 0.611. The molecule has 2 heterocycles. The lowest BCUT2D eigenvalue weighted by Gasteiger charge is -2.40. The first-order valence-corrected chi connectivity index (χ1v) is 9.01. The number of halogens is 1. The third kappa shape index (κ3) is 3.23. The predicted molar refractivity (Wildman–Crippen MR) is 96.2 cm³/mol. The van der Waals surface area contributed by atoms with E-state index in [0.29, 0.717) is 5.54 Å². The van der Waals surface area contributed by atoms with Gasteiger partial charge in [0.05, 0.1) is 5.52 Å². The minimum atomic E-state index is 0.300. The summed E-state index contributed by atoms with van der Waals surface area (Å²) in [5.74, 6) is 0.747. The summed E-state index contributed by atoms with van der Waals surface area (Å²) in [6.45, 7) is 12.6. The number of fused-ring (bicyclic) bond motifs is 1. The first kappa shape index (κ1) is 16.0. The maximum absolute atomic E-state index is 4.76. The number of likely N-dealkylation sites (tertiary alicyclic amines) is 1. The Labute approximate surface area is 141 Å². The molecule has 1 fully saturated rings. The van der Waals surface area contributed by atoms with E-state index in [1.165, 1.54) is 36.9 Å². The van der Waals surface area contributed by atoms with E-state index < -0.39 is 0 Å². The first-order chi connectivity index (χ1) is 10.3. The Morgan fingerprint density at radius 1 is 1.23 bits per heavy atom. The zero-order chi connectivity index (χ0) is 15.9. The van der Waals surface area contributed by atoms with Crippen LogP contribution in [0.5, 0.6) is 0 Å². The molecule has 0 radical (unpaired) electrons. The molecular formula is C18H26BrN3. The number of hydrogen-bond donors (Lipinski definition) is 0. The Kier molecular flexibility index (Phi) is 4.34. The molecule has 4 heteroatoms. The number of rotatable bonds is 2. The van der Waals surface area contributed by atoms with E-state index in [1.54, 1.807) is 0 Å². The van der Waals surface area contributed by atoms with Crippen LogP contribution in [0, 0.1) is 12.8 Å². The molecule has 120 valence electrons. The Bertz CT molecular complexity index is 661. The van der Waals surface area contributed by atoms with Gasteiger partial charge in [-0.2, -0.15) is 5.10 Å². The van der Waals surface area contributed by atoms with Crippen molar-refractivity contribution in [3.05, 3.63) is 28.4 Å². The number of hydrogen-bond acceptors (Lipinski definition) is 2. The largest absolute Gasteiger partial charge is 0.298 e. The van der Waals surface area contributed by atoms with Crippen LogP contribution in [0.3, 0.4) is 0 Å². The molecule has 1 aromatic heterocycles. The fourth-order valence-corrected chi connectivity index (χ4v) is 3.74. The summed E-state index contributed by atoms with van der Waals surface area (Å²) in [4.78, 5) is 2.60. The van der Waals surface area contributed by atoms with Gasteiger partial charge in [-0.05, 0) is 77.2 Å². The van der Waals surface area contributed by atoms with Gasteiger partial charge in [-0.25, -0.2) is 0 Å². The number of nitrogens with zero attached hydrogens (tertiary/aromatic N) is 3. The number of piperidine rings is 1. The summed E-state index contributed by atoms with van der Waals surface area (Å²) in [5, 5.41) is 6.02. The average molecular weight is 364 g/mol. The van der Waals surface area contributed by atoms with Gasteiger partial charge < -0.3 is 0 Å². The second kappa shape index (κ2) is 5.97. The van der Waals surface area contributed by atoms with Crippen LogP contribution in [0.1, 0.15) is 39.2 Å². The van der Waals surface area contributed by atoms with Crippen LogP contribution >= 0.6 is 15.9 Å². The number of aryl methyl sites for hydroxylation is 1. The van der Waals surface area contributed by atoms with Gasteiger partial charge in [0.25, 0.3) is 0 Å². The van der Waals surface area contributed by atoms with E-state index in [4.69, 9.17) is 5.10 Å². The summed E-state index contributed by atoms with van der Waals surface area (Å²) in [7, 11) is 0. The minimum absolute atomic E-state index is 0.300. The van der Waals surface area contributed by atoms with Crippen LogP contribution in [0.15, 0.2) is 22.8 Å². The normalized spacial score (nSPS) is 18.2. The highest BCUT2D eigenvalue weighted by molar-refractivity contribution is 9.10. The van der Waals surface area contributed by atoms with E-state index in [0.717, 1.165) is 22.5 Å². The van der Waals surface area contributed by atoms with Crippen molar-refractivity contribution >= 4 is 26.8 Å². The van der Waals surface area contributed by atoms with Gasteiger partial charge in [0.1, 0.15) is 0 Å². The molecule has 0 bridgehead atoms. The van der Waals surface area contributed by atoms with Crippen LogP contribution in [-0.4, -0.2) is 33.3 Å². The monoisotopic (exact) mass is 363 g/mol. The third-order valence-corrected chi connectivity index (χ3v) is 5.81. The van der Waals surface area contributed by atoms with Crippen molar-refractivity contribution < 1.29 is 0 Å². The van der Waals surface area contributed by atoms with Crippen LogP contribution < -0.4 is 0 Å². The molecule has 1 aliphatic rings. The fourth-order valence-electron chi connectivity index (χ4n) is 3.40. The maximum Gasteiger partial charge on any atom is 0.0926 e. The SMILES string of the molecule is Cc1c(Br)ccc2nn(CC3CCN(C(C)(C)C)CC3)cc12. The van der Waals surface area contributed by atoms with Gasteiger partial charge in [-0.3, -0.25) is 9.58 Å². The molecule has 0 spiro atoms. The molecule has 0 aliphatic carbocycles. The molecule has 1 aliphatic heterocycles. The van der Waals surface area contributed by atoms with Crippen LogP contribution in [0.25, 0.3) is 10.9 Å². The summed E-state index contributed by atoms with van der Waals surface area (Å²) in [6, 6.07) is 4.20. The van der Waals surface area contributed by atoms with Gasteiger partial charge >= 0.3 is 0 Å². The summed E-state index contributed by atoms with van der Waals surface area (Å²) in [5.41, 5.74) is 2.69. The Hall–Kier alpha value is -0.870. The van der Waals surface area contributed by atoms with Crippen molar-refractivity contribution in [1.29, 1.82) is 0 Å². The second-order valence-electron chi connectivity index (χ2n) is 7.56. The van der Waals surface area contributed by atoms with Gasteiger partial charge in [-0.1, -0.05) is 15.9 Å². The second-order valence-corrected chi connectivity index (χ2v) is 8.41. The van der Waals surface area contributed by atoms with Gasteiger partial charge in [0.2, 0.25) is 0 Å². The Balaban J connectivity index is 1.69. The van der Waals surface area contributed by atoms with Crippen LogP contribution in [-0.2, 0) is 6.54 Å².